The van der Waals surface area contributed by atoms with Gasteiger partial charge in [0.1, 0.15) is 5.60 Å². The van der Waals surface area contributed by atoms with E-state index in [2.05, 4.69) is 26.8 Å². The van der Waals surface area contributed by atoms with Gasteiger partial charge in [-0.15, -0.1) is 0 Å². The van der Waals surface area contributed by atoms with Gasteiger partial charge in [-0.25, -0.2) is 9.97 Å². The summed E-state index contributed by atoms with van der Waals surface area (Å²) >= 11 is 6.53. The van der Waals surface area contributed by atoms with Gasteiger partial charge in [0, 0.05) is 29.9 Å². The van der Waals surface area contributed by atoms with E-state index in [0.29, 0.717) is 23.8 Å². The van der Waals surface area contributed by atoms with Gasteiger partial charge < -0.3 is 10.4 Å². The predicted octanol–water partition coefficient (Wildman–Crippen LogP) is 5.26. The van der Waals surface area contributed by atoms with Crippen LogP contribution in [0.25, 0.3) is 22.0 Å². The normalized spacial score (nSPS) is 13.4. The van der Waals surface area contributed by atoms with Crippen molar-refractivity contribution in [1.82, 2.24) is 15.0 Å². The molecule has 0 bridgehead atoms. The minimum absolute atomic E-state index is 0.420. The molecule has 0 aliphatic rings. The van der Waals surface area contributed by atoms with E-state index in [1.807, 2.05) is 39.0 Å². The van der Waals surface area contributed by atoms with E-state index in [1.54, 1.807) is 19.3 Å². The summed E-state index contributed by atoms with van der Waals surface area (Å²) in [5, 5.41) is 15.2. The molecule has 28 heavy (non-hydrogen) atoms. The number of pyridine rings is 1. The predicted molar refractivity (Wildman–Crippen MR) is 116 cm³/mol. The van der Waals surface area contributed by atoms with Crippen molar-refractivity contribution in [1.29, 1.82) is 0 Å². The summed E-state index contributed by atoms with van der Waals surface area (Å²) in [6, 6.07) is 5.99. The molecule has 0 spiro atoms. The number of halogens is 1. The fraction of sp³-hybridized carbons (Fsp3) is 0.318. The second-order valence-corrected chi connectivity index (χ2v) is 7.73. The minimum Gasteiger partial charge on any atom is -0.382 e. The van der Waals surface area contributed by atoms with Gasteiger partial charge in [-0.2, -0.15) is 0 Å². The van der Waals surface area contributed by atoms with E-state index >= 15 is 0 Å². The van der Waals surface area contributed by atoms with E-state index < -0.39 is 5.60 Å². The molecule has 146 valence electrons. The summed E-state index contributed by atoms with van der Waals surface area (Å²) in [5.74, 6) is 0.420. The van der Waals surface area contributed by atoms with Crippen molar-refractivity contribution in [3.63, 3.8) is 0 Å². The molecule has 5 nitrogen and oxygen atoms in total. The number of aromatic nitrogens is 3. The van der Waals surface area contributed by atoms with Crippen LogP contribution < -0.4 is 5.32 Å². The lowest BCUT2D eigenvalue weighted by atomic mass is 10.0. The number of fused-ring (bicyclic) bond motifs is 1. The van der Waals surface area contributed by atoms with Crippen molar-refractivity contribution < 1.29 is 5.11 Å². The molecule has 1 atom stereocenters. The van der Waals surface area contributed by atoms with Crippen molar-refractivity contribution in [2.45, 2.75) is 39.7 Å². The van der Waals surface area contributed by atoms with Crippen molar-refractivity contribution in [2.24, 2.45) is 0 Å². The van der Waals surface area contributed by atoms with Crippen LogP contribution in [0.3, 0.4) is 0 Å². The third-order valence-electron chi connectivity index (χ3n) is 4.81. The maximum atomic E-state index is 10.3. The lowest BCUT2D eigenvalue weighted by molar-refractivity contribution is 0.0436. The molecule has 2 heterocycles. The van der Waals surface area contributed by atoms with Gasteiger partial charge in [-0.3, -0.25) is 4.98 Å². The molecular weight excluding hydrogens is 372 g/mol. The Morgan fingerprint density at radius 1 is 1.25 bits per heavy atom. The fourth-order valence-corrected chi connectivity index (χ4v) is 3.08. The zero-order valence-corrected chi connectivity index (χ0v) is 17.4. The number of benzene rings is 1. The Bertz CT molecular complexity index is 1030. The van der Waals surface area contributed by atoms with Crippen LogP contribution in [0.15, 0.2) is 42.7 Å². The largest absolute Gasteiger partial charge is 0.382 e. The fourth-order valence-electron chi connectivity index (χ4n) is 2.87. The Kier molecular flexibility index (Phi) is 5.68. The number of aryl methyl sites for hydroxylation is 1. The van der Waals surface area contributed by atoms with Crippen LogP contribution in [0.1, 0.15) is 38.7 Å². The number of hydrogen-bond acceptors (Lipinski definition) is 5. The Labute approximate surface area is 170 Å². The number of aliphatic hydroxyl groups is 1. The van der Waals surface area contributed by atoms with Crippen molar-refractivity contribution in [3.8, 4) is 11.1 Å². The molecule has 0 radical (unpaired) electrons. The van der Waals surface area contributed by atoms with Crippen LogP contribution in [-0.2, 0) is 5.60 Å². The molecule has 0 saturated heterocycles. The van der Waals surface area contributed by atoms with Crippen molar-refractivity contribution in [2.75, 3.05) is 11.9 Å². The molecule has 0 aliphatic carbocycles. The van der Waals surface area contributed by atoms with Gasteiger partial charge in [0.25, 0.3) is 0 Å². The summed E-state index contributed by atoms with van der Waals surface area (Å²) < 4.78 is 0. The maximum Gasteiger partial charge on any atom is 0.159 e. The van der Waals surface area contributed by atoms with Gasteiger partial charge >= 0.3 is 0 Å². The van der Waals surface area contributed by atoms with Crippen molar-refractivity contribution >= 4 is 28.2 Å². The number of rotatable bonds is 6. The van der Waals surface area contributed by atoms with Gasteiger partial charge in [-0.1, -0.05) is 36.7 Å². The third-order valence-corrected chi connectivity index (χ3v) is 5.28. The van der Waals surface area contributed by atoms with Crippen LogP contribution in [0.4, 0.5) is 5.69 Å². The molecule has 6 heteroatoms. The highest BCUT2D eigenvalue weighted by Gasteiger charge is 2.23. The Morgan fingerprint density at radius 3 is 2.54 bits per heavy atom. The average Bonchev–Trinajstić information content (AvgIpc) is 2.68. The van der Waals surface area contributed by atoms with E-state index in [9.17, 15) is 5.11 Å². The van der Waals surface area contributed by atoms with Crippen LogP contribution in [0, 0.1) is 6.92 Å². The second-order valence-electron chi connectivity index (χ2n) is 7.35. The maximum absolute atomic E-state index is 10.3. The third kappa shape index (κ3) is 4.01. The first-order valence-corrected chi connectivity index (χ1v) is 9.64. The van der Waals surface area contributed by atoms with Gasteiger partial charge in [0.05, 0.1) is 21.9 Å². The lowest BCUT2D eigenvalue weighted by Gasteiger charge is -2.19. The average molecular weight is 397 g/mol. The van der Waals surface area contributed by atoms with Crippen LogP contribution in [0.2, 0.25) is 5.02 Å². The first kappa shape index (κ1) is 20.2. The molecule has 1 unspecified atom stereocenters. The first-order valence-electron chi connectivity index (χ1n) is 9.26. The minimum atomic E-state index is -1.03. The molecular formula is C22H25ClN4O. The molecule has 1 aromatic carbocycles. The molecule has 3 aromatic rings. The molecule has 0 saturated carbocycles. The zero-order valence-electron chi connectivity index (χ0n) is 16.7. The van der Waals surface area contributed by atoms with Crippen molar-refractivity contribution in [3.05, 3.63) is 59.3 Å². The Morgan fingerprint density at radius 2 is 1.93 bits per heavy atom. The quantitative estimate of drug-likeness (QED) is 0.556. The molecule has 2 aromatic heterocycles. The topological polar surface area (TPSA) is 70.9 Å². The smallest absolute Gasteiger partial charge is 0.159 e. The number of nitrogens with one attached hydrogen (secondary N) is 1. The highest BCUT2D eigenvalue weighted by Crippen LogP contribution is 2.35. The summed E-state index contributed by atoms with van der Waals surface area (Å²) in [6.45, 7) is 12.1. The zero-order chi connectivity index (χ0) is 20.5. The van der Waals surface area contributed by atoms with Crippen LogP contribution in [0.5, 0.6) is 0 Å². The van der Waals surface area contributed by atoms with E-state index in [1.165, 1.54) is 0 Å². The molecule has 0 amide bonds. The van der Waals surface area contributed by atoms with Crippen LogP contribution in [-0.4, -0.2) is 26.6 Å². The first-order chi connectivity index (χ1) is 13.2. The summed E-state index contributed by atoms with van der Waals surface area (Å²) in [6.07, 6.45) is 4.01. The second kappa shape index (κ2) is 7.86. The summed E-state index contributed by atoms with van der Waals surface area (Å²) in [5.41, 5.74) is 4.29. The number of nitrogens with zero attached hydrogens (tertiary/aromatic N) is 3. The Balaban J connectivity index is 2.07. The molecule has 3 rings (SSSR count). The lowest BCUT2D eigenvalue weighted by Crippen LogP contribution is -2.22. The number of hydrogen-bond donors (Lipinski definition) is 2. The highest BCUT2D eigenvalue weighted by molar-refractivity contribution is 6.35. The molecule has 0 aliphatic heterocycles. The van der Waals surface area contributed by atoms with E-state index in [4.69, 9.17) is 11.6 Å². The van der Waals surface area contributed by atoms with E-state index in [0.717, 1.165) is 39.0 Å². The SMILES string of the molecule is C=C(C)CNc1c(Cl)c(C)nc2ccc(-c3cnc(C(C)(O)CC)nc3)cc12. The summed E-state index contributed by atoms with van der Waals surface area (Å²) in [4.78, 5) is 13.3. The highest BCUT2D eigenvalue weighted by atomic mass is 35.5. The van der Waals surface area contributed by atoms with Gasteiger partial charge in [0.2, 0.25) is 0 Å². The number of anilines is 1. The standard InChI is InChI=1S/C22H25ClN4O/c1-6-22(5,28)21-25-11-16(12-26-21)15-7-8-18-17(9-15)20(24-10-13(2)3)19(23)14(4)27-18/h7-9,11-12,28H,2,6,10H2,1,3-5H3,(H,24,27). The van der Waals surface area contributed by atoms with Crippen LogP contribution >= 0.6 is 11.6 Å². The Hall–Kier alpha value is -2.50. The van der Waals surface area contributed by atoms with Gasteiger partial charge in [-0.05, 0) is 44.9 Å². The van der Waals surface area contributed by atoms with E-state index in [-0.39, 0.29) is 0 Å². The monoisotopic (exact) mass is 396 g/mol. The summed E-state index contributed by atoms with van der Waals surface area (Å²) in [7, 11) is 0. The molecule has 0 fully saturated rings. The van der Waals surface area contributed by atoms with Gasteiger partial charge in [0.15, 0.2) is 5.82 Å². The molecule has 2 N–H and O–H groups in total.